The lowest BCUT2D eigenvalue weighted by atomic mass is 10.3. The predicted octanol–water partition coefficient (Wildman–Crippen LogP) is -0.285. The molecule has 0 atom stereocenters. The first kappa shape index (κ1) is 8.88. The lowest BCUT2D eigenvalue weighted by molar-refractivity contribution is -0.114. The summed E-state index contributed by atoms with van der Waals surface area (Å²) in [5.41, 5.74) is 2.10. The first-order valence-electron chi connectivity index (χ1n) is 3.30. The van der Waals surface area contributed by atoms with Crippen LogP contribution >= 0.6 is 0 Å². The third kappa shape index (κ3) is 2.72. The molecule has 0 radical (unpaired) electrons. The van der Waals surface area contributed by atoms with Crippen LogP contribution in [-0.4, -0.2) is 20.1 Å². The zero-order valence-electron chi connectivity index (χ0n) is 6.11. The fourth-order valence-corrected chi connectivity index (χ4v) is 1.14. The van der Waals surface area contributed by atoms with Gasteiger partial charge in [0.2, 0.25) is 0 Å². The molecule has 1 N–H and O–H groups in total. The van der Waals surface area contributed by atoms with Gasteiger partial charge in [0.05, 0.1) is 0 Å². The second kappa shape index (κ2) is 3.46. The van der Waals surface area contributed by atoms with Crippen molar-refractivity contribution in [3.05, 3.63) is 0 Å². The van der Waals surface area contributed by atoms with Crippen LogP contribution in [0.1, 0.15) is 19.8 Å². The Morgan fingerprint density at radius 2 is 2.27 bits per heavy atom. The van der Waals surface area contributed by atoms with Crippen LogP contribution in [0.5, 0.6) is 0 Å². The minimum atomic E-state index is -3.81. The van der Waals surface area contributed by atoms with Gasteiger partial charge in [-0.05, 0) is 6.42 Å². The molecule has 0 aromatic carbocycles. The molecule has 0 saturated carbocycles. The van der Waals surface area contributed by atoms with Gasteiger partial charge < -0.3 is 0 Å². The van der Waals surface area contributed by atoms with Crippen LogP contribution < -0.4 is 5.59 Å². The Morgan fingerprint density at radius 3 is 2.73 bits per heavy atom. The molecule has 1 heterocycles. The topological polar surface area (TPSA) is 67.9 Å². The zero-order valence-corrected chi connectivity index (χ0v) is 6.93. The molecule has 7 heteroatoms. The maximum absolute atomic E-state index is 10.5. The van der Waals surface area contributed by atoms with E-state index in [-0.39, 0.29) is 0 Å². The molecule has 0 aliphatic carbocycles. The predicted molar refractivity (Wildman–Crippen MR) is 35.8 cm³/mol. The highest BCUT2D eigenvalue weighted by atomic mass is 32.3. The number of hydroxylamine groups is 1. The molecule has 11 heavy (non-hydrogen) atoms. The summed E-state index contributed by atoms with van der Waals surface area (Å²) in [6, 6.07) is 0. The molecule has 1 aliphatic rings. The lowest BCUT2D eigenvalue weighted by Gasteiger charge is -2.06. The Bertz CT molecular complexity index is 214. The van der Waals surface area contributed by atoms with Gasteiger partial charge in [0, 0.05) is 6.54 Å². The van der Waals surface area contributed by atoms with E-state index in [1.54, 1.807) is 0 Å². The highest BCUT2D eigenvalue weighted by Gasteiger charge is 2.27. The number of nitrogens with zero attached hydrogens (tertiary/aromatic N) is 1. The van der Waals surface area contributed by atoms with Gasteiger partial charge in [-0.1, -0.05) is 24.1 Å². The smallest absolute Gasteiger partial charge is 0.166 e. The number of unbranched alkanes of at least 4 members (excludes halogenated alkanes) is 1. The molecule has 1 fully saturated rings. The monoisotopic (exact) mass is 182 g/mol. The van der Waals surface area contributed by atoms with E-state index in [1.807, 2.05) is 6.92 Å². The van der Waals surface area contributed by atoms with Crippen LogP contribution in [0.4, 0.5) is 0 Å². The number of hydrogen-bond donors (Lipinski definition) is 1. The van der Waals surface area contributed by atoms with Crippen molar-refractivity contribution in [3.63, 3.8) is 0 Å². The minimum absolute atomic E-state index is 0.482. The van der Waals surface area contributed by atoms with Crippen LogP contribution in [0.15, 0.2) is 0 Å². The largest absolute Gasteiger partial charge is 0.435 e. The molecule has 1 rings (SSSR count). The van der Waals surface area contributed by atoms with E-state index in [0.29, 0.717) is 6.54 Å². The van der Waals surface area contributed by atoms with Gasteiger partial charge in [-0.3, -0.25) is 0 Å². The number of rotatable bonds is 3. The molecule has 0 bridgehead atoms. The van der Waals surface area contributed by atoms with E-state index < -0.39 is 10.4 Å². The number of hydrogen-bond acceptors (Lipinski definition) is 6. The van der Waals surface area contributed by atoms with Crippen molar-refractivity contribution >= 4 is 10.4 Å². The molecule has 0 aromatic rings. The molecule has 6 nitrogen and oxygen atoms in total. The van der Waals surface area contributed by atoms with E-state index in [9.17, 15) is 8.42 Å². The SMILES string of the molecule is CCCCN1NOS(=O)(=O)O1. The standard InChI is InChI=1S/C4H10N2O4S/c1-2-3-4-6-5-9-11(7,8)10-6/h5H,2-4H2,1H3. The van der Waals surface area contributed by atoms with Crippen LogP contribution in [0, 0.1) is 0 Å². The van der Waals surface area contributed by atoms with Gasteiger partial charge in [0.15, 0.2) is 0 Å². The van der Waals surface area contributed by atoms with Crippen molar-refractivity contribution in [2.24, 2.45) is 0 Å². The van der Waals surface area contributed by atoms with Crippen molar-refractivity contribution in [3.8, 4) is 0 Å². The zero-order chi connectivity index (χ0) is 8.32. The van der Waals surface area contributed by atoms with Crippen molar-refractivity contribution in [2.45, 2.75) is 19.8 Å². The summed E-state index contributed by atoms with van der Waals surface area (Å²) in [5.74, 6) is 0. The third-order valence-electron chi connectivity index (χ3n) is 1.14. The maximum atomic E-state index is 10.5. The van der Waals surface area contributed by atoms with Crippen molar-refractivity contribution in [2.75, 3.05) is 6.54 Å². The van der Waals surface area contributed by atoms with Gasteiger partial charge in [0.1, 0.15) is 0 Å². The molecule has 66 valence electrons. The minimum Gasteiger partial charge on any atom is -0.166 e. The molecular weight excluding hydrogens is 172 g/mol. The summed E-state index contributed by atoms with van der Waals surface area (Å²) in [4.78, 5) is 0. The van der Waals surface area contributed by atoms with Crippen LogP contribution in [0.3, 0.4) is 0 Å². The highest BCUT2D eigenvalue weighted by Crippen LogP contribution is 2.06. The fraction of sp³-hybridized carbons (Fsp3) is 1.00. The molecule has 1 saturated heterocycles. The quantitative estimate of drug-likeness (QED) is 0.647. The Morgan fingerprint density at radius 1 is 1.55 bits per heavy atom. The first-order valence-corrected chi connectivity index (χ1v) is 4.63. The van der Waals surface area contributed by atoms with Crippen LogP contribution in [-0.2, 0) is 19.0 Å². The Balaban J connectivity index is 2.31. The van der Waals surface area contributed by atoms with E-state index in [2.05, 4.69) is 14.2 Å². The van der Waals surface area contributed by atoms with E-state index in [4.69, 9.17) is 0 Å². The summed E-state index contributed by atoms with van der Waals surface area (Å²) < 4.78 is 29.3. The molecule has 0 amide bonds. The van der Waals surface area contributed by atoms with Gasteiger partial charge in [0.25, 0.3) is 0 Å². The van der Waals surface area contributed by atoms with E-state index in [1.165, 1.54) is 0 Å². The number of hydrazine groups is 1. The van der Waals surface area contributed by atoms with Crippen molar-refractivity contribution in [1.29, 1.82) is 0 Å². The Labute approximate surface area is 65.3 Å². The van der Waals surface area contributed by atoms with Crippen molar-refractivity contribution < 1.29 is 17.0 Å². The molecule has 0 aromatic heterocycles. The Kier molecular flexibility index (Phi) is 2.79. The molecule has 1 aliphatic heterocycles. The average molecular weight is 182 g/mol. The second-order valence-corrected chi connectivity index (χ2v) is 3.25. The van der Waals surface area contributed by atoms with Crippen LogP contribution in [0.25, 0.3) is 0 Å². The molecule has 0 spiro atoms. The van der Waals surface area contributed by atoms with Gasteiger partial charge >= 0.3 is 10.4 Å². The summed E-state index contributed by atoms with van der Waals surface area (Å²) in [6.07, 6.45) is 1.80. The van der Waals surface area contributed by atoms with E-state index >= 15 is 0 Å². The van der Waals surface area contributed by atoms with Gasteiger partial charge in [-0.25, -0.2) is 0 Å². The highest BCUT2D eigenvalue weighted by molar-refractivity contribution is 7.81. The Hall–Kier alpha value is -0.210. The first-order chi connectivity index (χ1) is 5.14. The maximum Gasteiger partial charge on any atom is 0.435 e. The summed E-state index contributed by atoms with van der Waals surface area (Å²) in [5, 5.41) is 1.04. The third-order valence-corrected chi connectivity index (χ3v) is 1.78. The lowest BCUT2D eigenvalue weighted by Crippen LogP contribution is -2.29. The average Bonchev–Trinajstić information content (AvgIpc) is 2.26. The van der Waals surface area contributed by atoms with E-state index in [0.717, 1.165) is 18.0 Å². The normalized spacial score (nSPS) is 24.1. The molecular formula is C4H10N2O4S. The van der Waals surface area contributed by atoms with Crippen molar-refractivity contribution in [1.82, 2.24) is 10.8 Å². The number of nitrogens with one attached hydrogen (secondary N) is 1. The molecule has 0 unspecified atom stereocenters. The summed E-state index contributed by atoms with van der Waals surface area (Å²) >= 11 is 0. The summed E-state index contributed by atoms with van der Waals surface area (Å²) in [6.45, 7) is 2.47. The van der Waals surface area contributed by atoms with Gasteiger partial charge in [-0.15, -0.1) is 8.57 Å². The van der Waals surface area contributed by atoms with Gasteiger partial charge in [-0.2, -0.15) is 8.42 Å². The summed E-state index contributed by atoms with van der Waals surface area (Å²) in [7, 11) is -3.81. The fourth-order valence-electron chi connectivity index (χ4n) is 0.612. The van der Waals surface area contributed by atoms with Crippen LogP contribution in [0.2, 0.25) is 0 Å². The second-order valence-electron chi connectivity index (χ2n) is 2.11.